The first-order valence-corrected chi connectivity index (χ1v) is 4.67. The highest BCUT2D eigenvalue weighted by atomic mass is 16.5. The van der Waals surface area contributed by atoms with Gasteiger partial charge in [-0.1, -0.05) is 20.8 Å². The van der Waals surface area contributed by atoms with Crippen molar-refractivity contribution in [1.29, 1.82) is 0 Å². The van der Waals surface area contributed by atoms with E-state index in [-0.39, 0.29) is 17.4 Å². The first-order valence-electron chi connectivity index (χ1n) is 4.67. The molecular formula is C10H21NO2. The summed E-state index contributed by atoms with van der Waals surface area (Å²) in [5.41, 5.74) is 5.69. The van der Waals surface area contributed by atoms with E-state index in [1.807, 2.05) is 13.8 Å². The quantitative estimate of drug-likeness (QED) is 0.679. The van der Waals surface area contributed by atoms with Crippen molar-refractivity contribution >= 4 is 5.97 Å². The number of methoxy groups -OCH3 is 1. The Labute approximate surface area is 80.6 Å². The highest BCUT2D eigenvalue weighted by molar-refractivity contribution is 5.70. The number of carbonyl (C=O) groups excluding carboxylic acids is 1. The highest BCUT2D eigenvalue weighted by Gasteiger charge is 2.35. The first kappa shape index (κ1) is 12.4. The van der Waals surface area contributed by atoms with Crippen molar-refractivity contribution < 1.29 is 9.53 Å². The van der Waals surface area contributed by atoms with Gasteiger partial charge in [0.15, 0.2) is 0 Å². The first-order chi connectivity index (χ1) is 5.84. The smallest absolute Gasteiger partial charge is 0.306 e. The maximum absolute atomic E-state index is 11.2. The molecule has 0 aromatic rings. The average Bonchev–Trinajstić information content (AvgIpc) is 2.03. The summed E-state index contributed by atoms with van der Waals surface area (Å²) < 4.78 is 4.65. The molecule has 78 valence electrons. The van der Waals surface area contributed by atoms with Crippen LogP contribution in [0.5, 0.6) is 0 Å². The highest BCUT2D eigenvalue weighted by Crippen LogP contribution is 2.33. The van der Waals surface area contributed by atoms with E-state index in [4.69, 9.17) is 5.73 Å². The molecule has 0 radical (unpaired) electrons. The Hall–Kier alpha value is -0.570. The van der Waals surface area contributed by atoms with Gasteiger partial charge in [-0.2, -0.15) is 0 Å². The summed E-state index contributed by atoms with van der Waals surface area (Å²) in [5.74, 6) is 0.181. The van der Waals surface area contributed by atoms with Gasteiger partial charge >= 0.3 is 5.97 Å². The predicted octanol–water partition coefficient (Wildman–Crippen LogP) is 1.56. The van der Waals surface area contributed by atoms with Gasteiger partial charge in [-0.3, -0.25) is 4.79 Å². The monoisotopic (exact) mass is 187 g/mol. The van der Waals surface area contributed by atoms with E-state index in [9.17, 15) is 4.79 Å². The largest absolute Gasteiger partial charge is 0.469 e. The third kappa shape index (κ3) is 2.99. The van der Waals surface area contributed by atoms with E-state index in [0.717, 1.165) is 0 Å². The Balaban J connectivity index is 4.51. The van der Waals surface area contributed by atoms with Crippen molar-refractivity contribution in [2.45, 2.75) is 40.2 Å². The Morgan fingerprint density at radius 1 is 1.46 bits per heavy atom. The molecule has 0 amide bonds. The molecule has 0 rings (SSSR count). The van der Waals surface area contributed by atoms with Crippen LogP contribution in [0.25, 0.3) is 0 Å². The zero-order valence-electron chi connectivity index (χ0n) is 9.26. The Morgan fingerprint density at radius 2 is 1.92 bits per heavy atom. The third-order valence-corrected chi connectivity index (χ3v) is 3.11. The van der Waals surface area contributed by atoms with Crippen LogP contribution in [-0.2, 0) is 9.53 Å². The fourth-order valence-electron chi connectivity index (χ4n) is 1.27. The van der Waals surface area contributed by atoms with E-state index in [2.05, 4.69) is 18.6 Å². The number of esters is 1. The van der Waals surface area contributed by atoms with Gasteiger partial charge in [0, 0.05) is 6.04 Å². The molecular weight excluding hydrogens is 166 g/mol. The zero-order valence-corrected chi connectivity index (χ0v) is 9.26. The molecule has 0 saturated carbocycles. The number of hydrogen-bond acceptors (Lipinski definition) is 3. The maximum atomic E-state index is 11.2. The number of rotatable bonds is 4. The average molecular weight is 187 g/mol. The number of nitrogens with two attached hydrogens (primary N) is 1. The van der Waals surface area contributed by atoms with Gasteiger partial charge in [0.25, 0.3) is 0 Å². The van der Waals surface area contributed by atoms with Crippen molar-refractivity contribution in [2.24, 2.45) is 17.1 Å². The van der Waals surface area contributed by atoms with Crippen molar-refractivity contribution in [1.82, 2.24) is 0 Å². The van der Waals surface area contributed by atoms with Crippen LogP contribution in [0.4, 0.5) is 0 Å². The molecule has 3 heteroatoms. The number of hydrogen-bond donors (Lipinski definition) is 1. The molecule has 0 aliphatic rings. The van der Waals surface area contributed by atoms with E-state index in [1.54, 1.807) is 0 Å². The van der Waals surface area contributed by atoms with E-state index in [1.165, 1.54) is 7.11 Å². The van der Waals surface area contributed by atoms with Gasteiger partial charge in [-0.25, -0.2) is 0 Å². The summed E-state index contributed by atoms with van der Waals surface area (Å²) in [6, 6.07) is -0.00778. The summed E-state index contributed by atoms with van der Waals surface area (Å²) in [6.07, 6.45) is 0.388. The maximum Gasteiger partial charge on any atom is 0.306 e. The predicted molar refractivity (Wildman–Crippen MR) is 53.2 cm³/mol. The summed E-state index contributed by atoms with van der Waals surface area (Å²) in [7, 11) is 1.41. The molecule has 0 aliphatic carbocycles. The van der Waals surface area contributed by atoms with Crippen molar-refractivity contribution in [3.8, 4) is 0 Å². The van der Waals surface area contributed by atoms with Crippen LogP contribution >= 0.6 is 0 Å². The molecule has 3 nitrogen and oxygen atoms in total. The summed E-state index contributed by atoms with van der Waals surface area (Å²) >= 11 is 0. The van der Waals surface area contributed by atoms with Gasteiger partial charge in [-0.05, 0) is 18.3 Å². The van der Waals surface area contributed by atoms with Crippen molar-refractivity contribution in [2.75, 3.05) is 7.11 Å². The lowest BCUT2D eigenvalue weighted by Crippen LogP contribution is -2.42. The standard InChI is InChI=1S/C10H21NO2/c1-7(2)10(4,8(3)11)6-9(12)13-5/h7-8H,6,11H2,1-5H3. The molecule has 0 heterocycles. The lowest BCUT2D eigenvalue weighted by molar-refractivity contribution is -0.144. The second-order valence-electron chi connectivity index (χ2n) is 4.20. The minimum absolute atomic E-state index is 0.00778. The Bertz CT molecular complexity index is 168. The minimum atomic E-state index is -0.187. The summed E-state index contributed by atoms with van der Waals surface area (Å²) in [4.78, 5) is 11.2. The zero-order chi connectivity index (χ0) is 10.6. The number of ether oxygens (including phenoxy) is 1. The van der Waals surface area contributed by atoms with Crippen LogP contribution in [0.15, 0.2) is 0 Å². The molecule has 0 aromatic heterocycles. The second kappa shape index (κ2) is 4.61. The lowest BCUT2D eigenvalue weighted by Gasteiger charge is -2.36. The molecule has 2 unspecified atom stereocenters. The van der Waals surface area contributed by atoms with Gasteiger partial charge in [0.1, 0.15) is 0 Å². The normalized spacial score (nSPS) is 18.1. The van der Waals surface area contributed by atoms with Crippen LogP contribution in [0.1, 0.15) is 34.1 Å². The molecule has 0 aliphatic heterocycles. The van der Waals surface area contributed by atoms with E-state index in [0.29, 0.717) is 12.3 Å². The van der Waals surface area contributed by atoms with Crippen LogP contribution in [0.3, 0.4) is 0 Å². The van der Waals surface area contributed by atoms with E-state index < -0.39 is 0 Å². The fraction of sp³-hybridized carbons (Fsp3) is 0.900. The molecule has 0 aromatic carbocycles. The molecule has 0 spiro atoms. The van der Waals surface area contributed by atoms with Crippen LogP contribution in [0, 0.1) is 11.3 Å². The molecule has 2 atom stereocenters. The van der Waals surface area contributed by atoms with Gasteiger partial charge < -0.3 is 10.5 Å². The molecule has 0 fully saturated rings. The van der Waals surface area contributed by atoms with Gasteiger partial charge in [-0.15, -0.1) is 0 Å². The van der Waals surface area contributed by atoms with Crippen molar-refractivity contribution in [3.63, 3.8) is 0 Å². The fourth-order valence-corrected chi connectivity index (χ4v) is 1.27. The molecule has 0 saturated heterocycles. The molecule has 13 heavy (non-hydrogen) atoms. The Morgan fingerprint density at radius 3 is 2.15 bits per heavy atom. The Kier molecular flexibility index (Phi) is 4.40. The topological polar surface area (TPSA) is 52.3 Å². The third-order valence-electron chi connectivity index (χ3n) is 3.11. The minimum Gasteiger partial charge on any atom is -0.469 e. The van der Waals surface area contributed by atoms with Crippen LogP contribution in [-0.4, -0.2) is 19.1 Å². The number of carbonyl (C=O) groups is 1. The van der Waals surface area contributed by atoms with Gasteiger partial charge in [0.2, 0.25) is 0 Å². The summed E-state index contributed by atoms with van der Waals surface area (Å²) in [6.45, 7) is 8.11. The SMILES string of the molecule is COC(=O)CC(C)(C(C)C)C(C)N. The molecule has 2 N–H and O–H groups in total. The van der Waals surface area contributed by atoms with Crippen molar-refractivity contribution in [3.05, 3.63) is 0 Å². The molecule has 0 bridgehead atoms. The van der Waals surface area contributed by atoms with E-state index >= 15 is 0 Å². The van der Waals surface area contributed by atoms with Gasteiger partial charge in [0.05, 0.1) is 13.5 Å². The van der Waals surface area contributed by atoms with Crippen LogP contribution in [0.2, 0.25) is 0 Å². The van der Waals surface area contributed by atoms with Crippen LogP contribution < -0.4 is 5.73 Å². The summed E-state index contributed by atoms with van der Waals surface area (Å²) in [5, 5.41) is 0. The lowest BCUT2D eigenvalue weighted by atomic mass is 9.71. The second-order valence-corrected chi connectivity index (χ2v) is 4.20.